The predicted molar refractivity (Wildman–Crippen MR) is 412 cm³/mol. The molecule has 17 aromatic rings. The van der Waals surface area contributed by atoms with Crippen LogP contribution in [0.4, 0.5) is 34.1 Å². The van der Waals surface area contributed by atoms with Gasteiger partial charge in [-0.3, -0.25) is 0 Å². The number of benzene rings is 17. The summed E-state index contributed by atoms with van der Waals surface area (Å²) < 4.78 is 0. The molecular formula is C94H68N2. The minimum Gasteiger partial charge on any atom is -0.310 e. The first-order chi connectivity index (χ1) is 47.3. The van der Waals surface area contributed by atoms with Crippen LogP contribution < -0.4 is 9.80 Å². The van der Waals surface area contributed by atoms with Crippen LogP contribution in [0, 0.1) is 27.7 Å². The van der Waals surface area contributed by atoms with Gasteiger partial charge < -0.3 is 9.80 Å². The molecule has 0 atom stereocenters. The molecule has 17 rings (SSSR count). The molecule has 2 nitrogen and oxygen atoms in total. The van der Waals surface area contributed by atoms with Gasteiger partial charge in [0.1, 0.15) is 0 Å². The van der Waals surface area contributed by atoms with Crippen LogP contribution in [-0.4, -0.2) is 0 Å². The molecule has 17 aromatic carbocycles. The van der Waals surface area contributed by atoms with Crippen LogP contribution in [0.25, 0.3) is 131 Å². The number of para-hydroxylation sites is 2. The molecule has 0 spiro atoms. The predicted octanol–water partition coefficient (Wildman–Crippen LogP) is 26.8. The van der Waals surface area contributed by atoms with Crippen molar-refractivity contribution in [2.45, 2.75) is 27.7 Å². The third kappa shape index (κ3) is 9.88. The zero-order valence-electron chi connectivity index (χ0n) is 54.2. The average Bonchev–Trinajstić information content (AvgIpc) is 0.697. The molecule has 0 bridgehead atoms. The number of anilines is 6. The molecule has 96 heavy (non-hydrogen) atoms. The Kier molecular flexibility index (Phi) is 14.5. The average molecular weight is 1230 g/mol. The van der Waals surface area contributed by atoms with Gasteiger partial charge in [0, 0.05) is 33.9 Å². The Labute approximate surface area is 561 Å². The fraction of sp³-hybridized carbons (Fsp3) is 0.0426. The van der Waals surface area contributed by atoms with Crippen molar-refractivity contribution in [1.29, 1.82) is 0 Å². The highest BCUT2D eigenvalue weighted by Crippen LogP contribution is 2.54. The molecule has 0 N–H and O–H groups in total. The molecule has 2 heteroatoms. The first-order valence-electron chi connectivity index (χ1n) is 33.4. The van der Waals surface area contributed by atoms with E-state index in [-0.39, 0.29) is 0 Å². The Bertz CT molecular complexity index is 5500. The van der Waals surface area contributed by atoms with Gasteiger partial charge in [-0.15, -0.1) is 0 Å². The van der Waals surface area contributed by atoms with E-state index in [0.29, 0.717) is 0 Å². The lowest BCUT2D eigenvalue weighted by molar-refractivity contribution is 1.24. The highest BCUT2D eigenvalue weighted by Gasteiger charge is 2.27. The molecule has 454 valence electrons. The third-order valence-corrected chi connectivity index (χ3v) is 19.8. The first kappa shape index (κ1) is 57.8. The van der Waals surface area contributed by atoms with E-state index in [9.17, 15) is 0 Å². The van der Waals surface area contributed by atoms with E-state index in [2.05, 4.69) is 377 Å². The van der Waals surface area contributed by atoms with Crippen LogP contribution in [-0.2, 0) is 0 Å². The molecule has 0 aliphatic rings. The fourth-order valence-electron chi connectivity index (χ4n) is 15.5. The van der Waals surface area contributed by atoms with Crippen molar-refractivity contribution in [3.05, 3.63) is 362 Å². The number of nitrogens with zero attached hydrogens (tertiary/aromatic N) is 2. The van der Waals surface area contributed by atoms with Gasteiger partial charge in [0.25, 0.3) is 0 Å². The Morgan fingerprint density at radius 1 is 0.188 bits per heavy atom. The van der Waals surface area contributed by atoms with Gasteiger partial charge in [0.2, 0.25) is 0 Å². The Morgan fingerprint density at radius 2 is 0.479 bits per heavy atom. The Morgan fingerprint density at radius 3 is 0.854 bits per heavy atom. The number of hydrogen-bond acceptors (Lipinski definition) is 2. The van der Waals surface area contributed by atoms with Crippen LogP contribution in [0.5, 0.6) is 0 Å². The normalized spacial score (nSPS) is 11.5. The summed E-state index contributed by atoms with van der Waals surface area (Å²) in [7, 11) is 0. The fourth-order valence-corrected chi connectivity index (χ4v) is 15.5. The van der Waals surface area contributed by atoms with Gasteiger partial charge >= 0.3 is 0 Å². The van der Waals surface area contributed by atoms with Gasteiger partial charge in [-0.25, -0.2) is 0 Å². The summed E-state index contributed by atoms with van der Waals surface area (Å²) in [4.78, 5) is 4.86. The maximum absolute atomic E-state index is 2.43. The summed E-state index contributed by atoms with van der Waals surface area (Å²) in [5.74, 6) is 0. The minimum absolute atomic E-state index is 1.10. The molecule has 0 saturated heterocycles. The highest BCUT2D eigenvalue weighted by molar-refractivity contribution is 6.38. The van der Waals surface area contributed by atoms with Gasteiger partial charge in [0.05, 0.1) is 11.4 Å². The van der Waals surface area contributed by atoms with E-state index in [0.717, 1.165) is 45.3 Å². The van der Waals surface area contributed by atoms with Gasteiger partial charge in [0.15, 0.2) is 0 Å². The van der Waals surface area contributed by atoms with Crippen molar-refractivity contribution in [2.75, 3.05) is 9.80 Å². The summed E-state index contributed by atoms with van der Waals surface area (Å²) in [5, 5.41) is 14.8. The zero-order chi connectivity index (χ0) is 64.4. The standard InChI is InChI=1S/C94H68N2/c1-61-43-57-87(63(3)59-61)95(89-41-23-21-29-73(89)65-25-7-5-8-26-65)69-49-45-67(46-50-69)71-53-55-85(77-33-13-11-31-75(71)77)91-83-39-19-20-40-84(83)92(94-82-38-18-16-36-80(82)79-35-15-17-37-81(79)93(91)94)86-56-54-72(76-32-12-14-34-78(76)86)68-47-51-70(52-48-68)96(88-58-44-62(2)60-64(88)4)90-42-24-22-30-74(90)66-27-9-6-10-28-66/h5-60H,1-4H3. The molecule has 0 heterocycles. The lowest BCUT2D eigenvalue weighted by Gasteiger charge is -2.29. The Balaban J connectivity index is 0.829. The van der Waals surface area contributed by atoms with E-state index in [4.69, 9.17) is 0 Å². The molecule has 0 aromatic heterocycles. The molecule has 0 aliphatic heterocycles. The van der Waals surface area contributed by atoms with E-state index < -0.39 is 0 Å². The molecular weight excluding hydrogens is 1160 g/mol. The topological polar surface area (TPSA) is 6.48 Å². The quantitative estimate of drug-likeness (QED) is 0.0889. The van der Waals surface area contributed by atoms with E-state index >= 15 is 0 Å². The van der Waals surface area contributed by atoms with Gasteiger partial charge in [-0.2, -0.15) is 0 Å². The second-order valence-corrected chi connectivity index (χ2v) is 25.7. The number of rotatable bonds is 12. The lowest BCUT2D eigenvalue weighted by atomic mass is 9.79. The van der Waals surface area contributed by atoms with Crippen molar-refractivity contribution in [3.63, 3.8) is 0 Å². The van der Waals surface area contributed by atoms with Crippen molar-refractivity contribution in [3.8, 4) is 66.8 Å². The smallest absolute Gasteiger partial charge is 0.0540 e. The molecule has 0 fully saturated rings. The number of fused-ring (bicyclic) bond motifs is 9. The summed E-state index contributed by atoms with van der Waals surface area (Å²) in [6, 6.07) is 126. The summed E-state index contributed by atoms with van der Waals surface area (Å²) >= 11 is 0. The second kappa shape index (κ2) is 24.1. The molecule has 0 saturated carbocycles. The lowest BCUT2D eigenvalue weighted by Crippen LogP contribution is -2.12. The number of hydrogen-bond donors (Lipinski definition) is 0. The van der Waals surface area contributed by atoms with Crippen LogP contribution in [0.2, 0.25) is 0 Å². The molecule has 0 amide bonds. The van der Waals surface area contributed by atoms with E-state index in [1.807, 2.05) is 0 Å². The molecule has 0 radical (unpaired) electrons. The maximum atomic E-state index is 2.43. The van der Waals surface area contributed by atoms with Gasteiger partial charge in [-0.05, 0) is 208 Å². The van der Waals surface area contributed by atoms with Crippen molar-refractivity contribution in [1.82, 2.24) is 0 Å². The van der Waals surface area contributed by atoms with Crippen LogP contribution in [0.1, 0.15) is 22.3 Å². The van der Waals surface area contributed by atoms with E-state index in [1.54, 1.807) is 0 Å². The summed E-state index contributed by atoms with van der Waals surface area (Å²) in [6.07, 6.45) is 0. The minimum atomic E-state index is 1.10. The SMILES string of the molecule is Cc1ccc(N(c2ccc(-c3ccc(-c4c5ccccc5c(-c5ccc(-c6ccc(N(c7ccc(C)cc7C)c7ccccc7-c7ccccc7)cc6)c6ccccc56)c5c6ccccc6c6ccccc6c45)c4ccccc34)cc2)c2ccccc2-c2ccccc2)c(C)c1. The maximum Gasteiger partial charge on any atom is 0.0540 e. The van der Waals surface area contributed by atoms with E-state index in [1.165, 1.54) is 143 Å². The van der Waals surface area contributed by atoms with Crippen LogP contribution in [0.15, 0.2) is 340 Å². The third-order valence-electron chi connectivity index (χ3n) is 19.8. The number of aryl methyl sites for hydroxylation is 4. The second-order valence-electron chi connectivity index (χ2n) is 25.7. The summed E-state index contributed by atoms with van der Waals surface area (Å²) in [5.41, 5.74) is 26.0. The van der Waals surface area contributed by atoms with Crippen LogP contribution in [0.3, 0.4) is 0 Å². The van der Waals surface area contributed by atoms with Gasteiger partial charge in [-0.1, -0.05) is 302 Å². The highest BCUT2D eigenvalue weighted by atomic mass is 15.2. The molecule has 0 aliphatic carbocycles. The summed E-state index contributed by atoms with van der Waals surface area (Å²) in [6.45, 7) is 8.79. The first-order valence-corrected chi connectivity index (χ1v) is 33.4. The van der Waals surface area contributed by atoms with Crippen LogP contribution >= 0.6 is 0 Å². The molecule has 0 unspecified atom stereocenters. The monoisotopic (exact) mass is 1220 g/mol. The zero-order valence-corrected chi connectivity index (χ0v) is 54.2. The van der Waals surface area contributed by atoms with Crippen molar-refractivity contribution < 1.29 is 0 Å². The Hall–Kier alpha value is -12.1. The van der Waals surface area contributed by atoms with Crippen molar-refractivity contribution >= 4 is 98.8 Å². The largest absolute Gasteiger partial charge is 0.310 e. The van der Waals surface area contributed by atoms with Crippen molar-refractivity contribution in [2.24, 2.45) is 0 Å².